The largest absolute Gasteiger partial charge is 0.439 e. The van der Waals surface area contributed by atoms with Crippen LogP contribution in [0.15, 0.2) is 83.0 Å². The van der Waals surface area contributed by atoms with Gasteiger partial charge in [0.05, 0.1) is 27.2 Å². The third kappa shape index (κ3) is 4.08. The Morgan fingerprint density at radius 2 is 1.65 bits per heavy atom. The van der Waals surface area contributed by atoms with Crippen molar-refractivity contribution in [2.75, 3.05) is 0 Å². The molecule has 0 radical (unpaired) electrons. The number of nitrogens with zero attached hydrogens (tertiary/aromatic N) is 4. The first-order chi connectivity index (χ1) is 14.9. The summed E-state index contributed by atoms with van der Waals surface area (Å²) in [6.45, 7) is 3.25. The highest BCUT2D eigenvalue weighted by Gasteiger charge is 2.17. The van der Waals surface area contributed by atoms with Crippen molar-refractivity contribution in [3.8, 4) is 17.4 Å². The fourth-order valence-corrected chi connectivity index (χ4v) is 4.31. The van der Waals surface area contributed by atoms with Crippen LogP contribution in [-0.4, -0.2) is 33.9 Å². The highest BCUT2D eigenvalue weighted by atomic mass is 32.2. The minimum absolute atomic E-state index is 0.0835. The number of Topliss-reactive ketones (excluding diaryl/α,β-unsaturated/α-hetero) is 1. The molecule has 0 unspecified atom stereocenters. The monoisotopic (exact) mass is 434 g/mol. The van der Waals surface area contributed by atoms with Crippen LogP contribution in [0.4, 0.5) is 0 Å². The van der Waals surface area contributed by atoms with Gasteiger partial charge in [0.25, 0.3) is 0 Å². The van der Waals surface area contributed by atoms with Crippen molar-refractivity contribution >= 4 is 15.6 Å². The van der Waals surface area contributed by atoms with Gasteiger partial charge in [-0.15, -0.1) is 0 Å². The van der Waals surface area contributed by atoms with E-state index in [4.69, 9.17) is 4.74 Å². The smallest absolute Gasteiger partial charge is 0.224 e. The molecule has 2 aromatic heterocycles. The highest BCUT2D eigenvalue weighted by molar-refractivity contribution is 7.91. The Kier molecular flexibility index (Phi) is 5.35. The van der Waals surface area contributed by atoms with E-state index in [1.54, 1.807) is 55.5 Å². The van der Waals surface area contributed by atoms with Crippen LogP contribution in [0.25, 0.3) is 5.82 Å². The Morgan fingerprint density at radius 3 is 2.29 bits per heavy atom. The zero-order valence-corrected chi connectivity index (χ0v) is 17.6. The number of carbonyl (C=O) groups is 1. The van der Waals surface area contributed by atoms with Gasteiger partial charge in [-0.3, -0.25) is 4.79 Å². The Labute approximate surface area is 179 Å². The van der Waals surface area contributed by atoms with Gasteiger partial charge in [0.15, 0.2) is 11.6 Å². The van der Waals surface area contributed by atoms with Crippen molar-refractivity contribution < 1.29 is 17.9 Å². The van der Waals surface area contributed by atoms with Gasteiger partial charge in [0, 0.05) is 6.07 Å². The summed E-state index contributed by atoms with van der Waals surface area (Å²) < 4.78 is 32.7. The van der Waals surface area contributed by atoms with Gasteiger partial charge in [-0.25, -0.2) is 23.1 Å². The minimum atomic E-state index is -3.60. The third-order valence-electron chi connectivity index (χ3n) is 4.64. The minimum Gasteiger partial charge on any atom is -0.439 e. The molecule has 0 aliphatic rings. The standard InChI is InChI=1S/C22H18N4O4S/c1-15-20(16(2)27)13-25-26(15)21-12-22(24-14-23-21)30-17-8-10-19(11-9-17)31(28,29)18-6-4-3-5-7-18/h3-14H,1-2H3. The summed E-state index contributed by atoms with van der Waals surface area (Å²) in [5, 5.41) is 4.21. The second-order valence-corrected chi connectivity index (χ2v) is 8.67. The van der Waals surface area contributed by atoms with E-state index in [0.29, 0.717) is 22.8 Å². The first-order valence-electron chi connectivity index (χ1n) is 9.32. The topological polar surface area (TPSA) is 104 Å². The first kappa shape index (κ1) is 20.4. The van der Waals surface area contributed by atoms with Gasteiger partial charge in [0.2, 0.25) is 15.7 Å². The Balaban J connectivity index is 1.57. The molecule has 0 spiro atoms. The lowest BCUT2D eigenvalue weighted by atomic mass is 10.2. The number of sulfone groups is 1. The Bertz CT molecular complexity index is 1350. The fraction of sp³-hybridized carbons (Fsp3) is 0.0909. The number of carbonyl (C=O) groups excluding carboxylic acids is 1. The van der Waals surface area contributed by atoms with E-state index in [1.807, 2.05) is 0 Å². The lowest BCUT2D eigenvalue weighted by molar-refractivity contribution is 0.101. The zero-order valence-electron chi connectivity index (χ0n) is 16.8. The van der Waals surface area contributed by atoms with Gasteiger partial charge in [-0.1, -0.05) is 18.2 Å². The van der Waals surface area contributed by atoms with Crippen LogP contribution < -0.4 is 4.74 Å². The molecule has 4 aromatic rings. The van der Waals surface area contributed by atoms with Crippen molar-refractivity contribution in [1.29, 1.82) is 0 Å². The molecule has 9 heteroatoms. The first-order valence-corrected chi connectivity index (χ1v) is 10.8. The van der Waals surface area contributed by atoms with E-state index >= 15 is 0 Å². The summed E-state index contributed by atoms with van der Waals surface area (Å²) in [4.78, 5) is 20.3. The van der Waals surface area contributed by atoms with Crippen molar-refractivity contribution in [1.82, 2.24) is 19.7 Å². The molecule has 8 nitrogen and oxygen atoms in total. The van der Waals surface area contributed by atoms with Crippen LogP contribution in [0.3, 0.4) is 0 Å². The SMILES string of the molecule is CC(=O)c1cnn(-c2cc(Oc3ccc(S(=O)(=O)c4ccccc4)cc3)ncn2)c1C. The van der Waals surface area contributed by atoms with Gasteiger partial charge < -0.3 is 4.74 Å². The molecule has 156 valence electrons. The second-order valence-electron chi connectivity index (χ2n) is 6.72. The predicted octanol–water partition coefficient (Wildman–Crippen LogP) is 3.80. The number of hydrogen-bond acceptors (Lipinski definition) is 7. The van der Waals surface area contributed by atoms with Crippen molar-refractivity contribution in [3.05, 3.63) is 84.4 Å². The third-order valence-corrected chi connectivity index (χ3v) is 6.43. The zero-order chi connectivity index (χ0) is 22.0. The van der Waals surface area contributed by atoms with Crippen LogP contribution in [0.1, 0.15) is 23.0 Å². The molecule has 0 saturated carbocycles. The normalized spacial score (nSPS) is 11.3. The molecule has 31 heavy (non-hydrogen) atoms. The molecule has 0 bridgehead atoms. The van der Waals surface area contributed by atoms with E-state index in [-0.39, 0.29) is 21.5 Å². The van der Waals surface area contributed by atoms with Gasteiger partial charge in [0.1, 0.15) is 12.1 Å². The summed E-state index contributed by atoms with van der Waals surface area (Å²) in [6.07, 6.45) is 2.82. The molecule has 2 aromatic carbocycles. The van der Waals surface area contributed by atoms with Crippen LogP contribution in [-0.2, 0) is 9.84 Å². The van der Waals surface area contributed by atoms with Crippen LogP contribution in [0.5, 0.6) is 11.6 Å². The number of rotatable bonds is 6. The van der Waals surface area contributed by atoms with E-state index in [9.17, 15) is 13.2 Å². The van der Waals surface area contributed by atoms with E-state index < -0.39 is 9.84 Å². The quantitative estimate of drug-likeness (QED) is 0.425. The summed E-state index contributed by atoms with van der Waals surface area (Å²) in [7, 11) is -3.60. The van der Waals surface area contributed by atoms with E-state index in [2.05, 4.69) is 15.1 Å². The molecule has 2 heterocycles. The number of ketones is 1. The van der Waals surface area contributed by atoms with Crippen molar-refractivity contribution in [2.45, 2.75) is 23.6 Å². The average Bonchev–Trinajstić information content (AvgIpc) is 3.16. The number of ether oxygens (including phenoxy) is 1. The molecule has 0 aliphatic carbocycles. The van der Waals surface area contributed by atoms with E-state index in [0.717, 1.165) is 0 Å². The summed E-state index contributed by atoms with van der Waals surface area (Å²) in [5.74, 6) is 1.03. The fourth-order valence-electron chi connectivity index (χ4n) is 3.03. The summed E-state index contributed by atoms with van der Waals surface area (Å²) in [5.41, 5.74) is 1.17. The number of benzene rings is 2. The van der Waals surface area contributed by atoms with Crippen molar-refractivity contribution in [2.24, 2.45) is 0 Å². The molecular weight excluding hydrogens is 416 g/mol. The molecular formula is C22H18N4O4S. The maximum Gasteiger partial charge on any atom is 0.224 e. The highest BCUT2D eigenvalue weighted by Crippen LogP contribution is 2.26. The van der Waals surface area contributed by atoms with Gasteiger partial charge in [-0.2, -0.15) is 5.10 Å². The van der Waals surface area contributed by atoms with Gasteiger partial charge >= 0.3 is 0 Å². The molecule has 0 N–H and O–H groups in total. The lowest BCUT2D eigenvalue weighted by Crippen LogP contribution is -2.04. The molecule has 0 atom stereocenters. The Hall–Kier alpha value is -3.85. The molecule has 0 amide bonds. The molecule has 0 saturated heterocycles. The summed E-state index contributed by atoms with van der Waals surface area (Å²) >= 11 is 0. The maximum absolute atomic E-state index is 12.7. The molecule has 0 aliphatic heterocycles. The average molecular weight is 434 g/mol. The van der Waals surface area contributed by atoms with Gasteiger partial charge in [-0.05, 0) is 50.2 Å². The number of aromatic nitrogens is 4. The predicted molar refractivity (Wildman–Crippen MR) is 112 cm³/mol. The number of hydrogen-bond donors (Lipinski definition) is 0. The lowest BCUT2D eigenvalue weighted by Gasteiger charge is -2.09. The van der Waals surface area contributed by atoms with Crippen LogP contribution in [0.2, 0.25) is 0 Å². The van der Waals surface area contributed by atoms with E-state index in [1.165, 1.54) is 36.3 Å². The second kappa shape index (κ2) is 8.11. The molecule has 0 fully saturated rings. The molecule has 4 rings (SSSR count). The van der Waals surface area contributed by atoms with Crippen LogP contribution in [0, 0.1) is 6.92 Å². The Morgan fingerprint density at radius 1 is 0.968 bits per heavy atom. The summed E-state index contributed by atoms with van der Waals surface area (Å²) in [6, 6.07) is 15.9. The van der Waals surface area contributed by atoms with Crippen LogP contribution >= 0.6 is 0 Å². The maximum atomic E-state index is 12.7. The van der Waals surface area contributed by atoms with Crippen molar-refractivity contribution in [3.63, 3.8) is 0 Å².